The normalized spacial score (nSPS) is 10.9. The number of thiophene rings is 1. The standard InChI is InChI=1S/C21H23N5O2S2/c1-4-9-26-20(14-10-17(13(2)3)29-11-14)24-25-21(26)30-12-18(27)23-16-8-6-5-7-15(16)19(22)28/h4-8,10-11,13H,1,9,12H2,2-3H3,(H2,22,28)(H,23,27). The highest BCUT2D eigenvalue weighted by atomic mass is 32.2. The van der Waals surface area contributed by atoms with Crippen molar-refractivity contribution in [2.24, 2.45) is 5.73 Å². The first-order valence-corrected chi connectivity index (χ1v) is 11.2. The molecule has 0 aliphatic heterocycles. The highest BCUT2D eigenvalue weighted by molar-refractivity contribution is 7.99. The van der Waals surface area contributed by atoms with Gasteiger partial charge < -0.3 is 11.1 Å². The van der Waals surface area contributed by atoms with Crippen molar-refractivity contribution < 1.29 is 9.59 Å². The molecule has 0 spiro atoms. The Bertz CT molecular complexity index is 1070. The van der Waals surface area contributed by atoms with Crippen molar-refractivity contribution in [2.75, 3.05) is 11.1 Å². The Morgan fingerprint density at radius 2 is 2.10 bits per heavy atom. The molecule has 2 aromatic heterocycles. The van der Waals surface area contributed by atoms with Crippen molar-refractivity contribution in [3.63, 3.8) is 0 Å². The average Bonchev–Trinajstić information content (AvgIpc) is 3.34. The number of nitrogens with one attached hydrogen (secondary N) is 1. The fraction of sp³-hybridized carbons (Fsp3) is 0.238. The average molecular weight is 442 g/mol. The minimum atomic E-state index is -0.592. The largest absolute Gasteiger partial charge is 0.366 e. The number of carbonyl (C=O) groups excluding carboxylic acids is 2. The summed E-state index contributed by atoms with van der Waals surface area (Å²) < 4.78 is 1.94. The predicted molar refractivity (Wildman–Crippen MR) is 122 cm³/mol. The number of amides is 2. The number of nitrogens with zero attached hydrogens (tertiary/aromatic N) is 3. The fourth-order valence-electron chi connectivity index (χ4n) is 2.80. The first-order valence-electron chi connectivity index (χ1n) is 9.35. The van der Waals surface area contributed by atoms with Crippen LogP contribution in [0.3, 0.4) is 0 Å². The van der Waals surface area contributed by atoms with Gasteiger partial charge in [-0.3, -0.25) is 14.2 Å². The Balaban J connectivity index is 1.74. The van der Waals surface area contributed by atoms with E-state index in [0.717, 1.165) is 11.4 Å². The van der Waals surface area contributed by atoms with Crippen LogP contribution in [0.5, 0.6) is 0 Å². The van der Waals surface area contributed by atoms with Gasteiger partial charge in [0.25, 0.3) is 5.91 Å². The van der Waals surface area contributed by atoms with E-state index in [9.17, 15) is 9.59 Å². The highest BCUT2D eigenvalue weighted by Gasteiger charge is 2.17. The molecule has 1 aromatic carbocycles. The van der Waals surface area contributed by atoms with Crippen molar-refractivity contribution in [3.05, 3.63) is 58.8 Å². The van der Waals surface area contributed by atoms with Crippen molar-refractivity contribution in [1.82, 2.24) is 14.8 Å². The molecule has 0 unspecified atom stereocenters. The zero-order valence-corrected chi connectivity index (χ0v) is 18.4. The molecule has 0 aliphatic rings. The molecule has 2 amide bonds. The van der Waals surface area contributed by atoms with E-state index in [1.807, 2.05) is 4.57 Å². The van der Waals surface area contributed by atoms with E-state index in [4.69, 9.17) is 5.73 Å². The molecule has 3 rings (SSSR count). The Morgan fingerprint density at radius 1 is 1.33 bits per heavy atom. The molecular formula is C21H23N5O2S2. The number of anilines is 1. The first kappa shape index (κ1) is 21.8. The number of benzene rings is 1. The van der Waals surface area contributed by atoms with E-state index in [2.05, 4.69) is 47.4 Å². The van der Waals surface area contributed by atoms with Crippen LogP contribution in [-0.2, 0) is 11.3 Å². The van der Waals surface area contributed by atoms with Crippen LogP contribution in [-0.4, -0.2) is 32.3 Å². The molecule has 0 aliphatic carbocycles. The molecule has 156 valence electrons. The van der Waals surface area contributed by atoms with E-state index in [-0.39, 0.29) is 17.2 Å². The van der Waals surface area contributed by atoms with Gasteiger partial charge in [-0.1, -0.05) is 43.8 Å². The van der Waals surface area contributed by atoms with E-state index < -0.39 is 5.91 Å². The Labute approximate surface area is 183 Å². The van der Waals surface area contributed by atoms with Crippen LogP contribution in [0, 0.1) is 0 Å². The maximum atomic E-state index is 12.4. The second-order valence-corrected chi connectivity index (χ2v) is 8.73. The maximum absolute atomic E-state index is 12.4. The second-order valence-electron chi connectivity index (χ2n) is 6.84. The third-order valence-electron chi connectivity index (χ3n) is 4.27. The van der Waals surface area contributed by atoms with Crippen molar-refractivity contribution >= 4 is 40.6 Å². The summed E-state index contributed by atoms with van der Waals surface area (Å²) >= 11 is 2.97. The van der Waals surface area contributed by atoms with Crippen LogP contribution in [0.2, 0.25) is 0 Å². The van der Waals surface area contributed by atoms with Crippen molar-refractivity contribution in [2.45, 2.75) is 31.5 Å². The number of primary amides is 1. The highest BCUT2D eigenvalue weighted by Crippen LogP contribution is 2.31. The van der Waals surface area contributed by atoms with Crippen LogP contribution < -0.4 is 11.1 Å². The molecule has 0 saturated heterocycles. The van der Waals surface area contributed by atoms with Gasteiger partial charge in [-0.05, 0) is 24.1 Å². The van der Waals surface area contributed by atoms with Crippen molar-refractivity contribution in [3.8, 4) is 11.4 Å². The summed E-state index contributed by atoms with van der Waals surface area (Å²) in [7, 11) is 0. The molecule has 2 heterocycles. The number of hydrogen-bond acceptors (Lipinski definition) is 6. The molecule has 9 heteroatoms. The number of allylic oxidation sites excluding steroid dienone is 1. The minimum Gasteiger partial charge on any atom is -0.366 e. The summed E-state index contributed by atoms with van der Waals surface area (Å²) in [5.41, 5.74) is 7.03. The van der Waals surface area contributed by atoms with Crippen LogP contribution in [0.1, 0.15) is 35.0 Å². The van der Waals surface area contributed by atoms with Crippen molar-refractivity contribution in [1.29, 1.82) is 0 Å². The lowest BCUT2D eigenvalue weighted by molar-refractivity contribution is -0.113. The molecule has 0 fully saturated rings. The monoisotopic (exact) mass is 441 g/mol. The van der Waals surface area contributed by atoms with Gasteiger partial charge in [-0.15, -0.1) is 28.1 Å². The number of carbonyl (C=O) groups is 2. The molecule has 0 bridgehead atoms. The molecular weight excluding hydrogens is 418 g/mol. The third-order valence-corrected chi connectivity index (χ3v) is 6.47. The minimum absolute atomic E-state index is 0.114. The zero-order valence-electron chi connectivity index (χ0n) is 16.8. The fourth-order valence-corrected chi connectivity index (χ4v) is 4.45. The van der Waals surface area contributed by atoms with Gasteiger partial charge in [-0.2, -0.15) is 0 Å². The lowest BCUT2D eigenvalue weighted by Gasteiger charge is -2.09. The Kier molecular flexibility index (Phi) is 7.07. The van der Waals surface area contributed by atoms with Gasteiger partial charge in [0.1, 0.15) is 0 Å². The predicted octanol–water partition coefficient (Wildman–Crippen LogP) is 4.15. The summed E-state index contributed by atoms with van der Waals surface area (Å²) in [5, 5.41) is 14.0. The van der Waals surface area contributed by atoms with Crippen LogP contribution in [0.4, 0.5) is 5.69 Å². The molecule has 0 radical (unpaired) electrons. The summed E-state index contributed by atoms with van der Waals surface area (Å²) in [6.07, 6.45) is 1.77. The molecule has 3 aromatic rings. The van der Waals surface area contributed by atoms with Gasteiger partial charge in [-0.25, -0.2) is 0 Å². The molecule has 3 N–H and O–H groups in total. The number of hydrogen-bond donors (Lipinski definition) is 2. The van der Waals surface area contributed by atoms with Crippen LogP contribution in [0.15, 0.2) is 53.5 Å². The van der Waals surface area contributed by atoms with Gasteiger partial charge in [0.15, 0.2) is 11.0 Å². The van der Waals surface area contributed by atoms with E-state index in [1.54, 1.807) is 41.7 Å². The third kappa shape index (κ3) is 4.98. The van der Waals surface area contributed by atoms with Crippen LogP contribution >= 0.6 is 23.1 Å². The topological polar surface area (TPSA) is 103 Å². The second kappa shape index (κ2) is 9.73. The molecule has 7 nitrogen and oxygen atoms in total. The van der Waals surface area contributed by atoms with E-state index in [0.29, 0.717) is 23.3 Å². The lowest BCUT2D eigenvalue weighted by Crippen LogP contribution is -2.19. The summed E-state index contributed by atoms with van der Waals surface area (Å²) in [5.74, 6) is 0.454. The van der Waals surface area contributed by atoms with E-state index in [1.165, 1.54) is 16.6 Å². The van der Waals surface area contributed by atoms with Crippen LogP contribution in [0.25, 0.3) is 11.4 Å². The number of thioether (sulfide) groups is 1. The first-order chi connectivity index (χ1) is 14.4. The van der Waals surface area contributed by atoms with Gasteiger partial charge in [0.05, 0.1) is 17.0 Å². The van der Waals surface area contributed by atoms with Gasteiger partial charge in [0, 0.05) is 22.4 Å². The Morgan fingerprint density at radius 3 is 2.77 bits per heavy atom. The summed E-state index contributed by atoms with van der Waals surface area (Å²) in [4.78, 5) is 25.2. The Hall–Kier alpha value is -2.91. The number of aromatic nitrogens is 3. The lowest BCUT2D eigenvalue weighted by atomic mass is 10.1. The van der Waals surface area contributed by atoms with Gasteiger partial charge >= 0.3 is 0 Å². The SMILES string of the molecule is C=CCn1c(SCC(=O)Nc2ccccc2C(N)=O)nnc1-c1csc(C(C)C)c1. The maximum Gasteiger partial charge on any atom is 0.250 e. The quantitative estimate of drug-likeness (QED) is 0.384. The number of rotatable bonds is 9. The molecule has 0 saturated carbocycles. The zero-order chi connectivity index (χ0) is 21.7. The molecule has 0 atom stereocenters. The number of nitrogens with two attached hydrogens (primary N) is 1. The molecule has 30 heavy (non-hydrogen) atoms. The smallest absolute Gasteiger partial charge is 0.250 e. The summed E-state index contributed by atoms with van der Waals surface area (Å²) in [6.45, 7) is 8.65. The van der Waals surface area contributed by atoms with E-state index >= 15 is 0 Å². The summed E-state index contributed by atoms with van der Waals surface area (Å²) in [6, 6.07) is 8.77. The number of para-hydroxylation sites is 1. The van der Waals surface area contributed by atoms with Gasteiger partial charge in [0.2, 0.25) is 5.91 Å².